The predicted molar refractivity (Wildman–Crippen MR) is 78.3 cm³/mol. The molecule has 0 aliphatic heterocycles. The number of hydrogen-bond acceptors (Lipinski definition) is 2. The molecule has 1 atom stereocenters. The van der Waals surface area contributed by atoms with Crippen molar-refractivity contribution in [3.05, 3.63) is 64.0 Å². The summed E-state index contributed by atoms with van der Waals surface area (Å²) in [6, 6.07) is 10.3. The number of nitrogens with zero attached hydrogens (tertiary/aromatic N) is 1. The van der Waals surface area contributed by atoms with Gasteiger partial charge in [0.05, 0.1) is 6.10 Å². The summed E-state index contributed by atoms with van der Waals surface area (Å²) in [6.07, 6.45) is 0.141. The molecule has 19 heavy (non-hydrogen) atoms. The van der Waals surface area contributed by atoms with E-state index in [0.717, 1.165) is 22.5 Å². The quantitative estimate of drug-likeness (QED) is 0.909. The van der Waals surface area contributed by atoms with Crippen molar-refractivity contribution in [1.29, 1.82) is 0 Å². The standard InChI is InChI=1S/C17H21NO/c1-11-5-7-15(9-12(11)2)10-17(19)16-8-6-13(3)18-14(16)4/h5-9,17,19H,10H2,1-4H3. The molecule has 0 aliphatic rings. The largest absolute Gasteiger partial charge is 0.388 e. The highest BCUT2D eigenvalue weighted by Crippen LogP contribution is 2.22. The van der Waals surface area contributed by atoms with Crippen molar-refractivity contribution in [2.75, 3.05) is 0 Å². The Hall–Kier alpha value is -1.67. The second-order valence-corrected chi connectivity index (χ2v) is 5.27. The predicted octanol–water partition coefficient (Wildman–Crippen LogP) is 3.59. The SMILES string of the molecule is Cc1ccc(C(O)Cc2ccc(C)c(C)c2)c(C)n1. The van der Waals surface area contributed by atoms with Crippen LogP contribution < -0.4 is 0 Å². The third kappa shape index (κ3) is 3.21. The van der Waals surface area contributed by atoms with Gasteiger partial charge < -0.3 is 5.11 Å². The molecule has 100 valence electrons. The summed E-state index contributed by atoms with van der Waals surface area (Å²) in [5, 5.41) is 10.4. The van der Waals surface area contributed by atoms with E-state index >= 15 is 0 Å². The van der Waals surface area contributed by atoms with E-state index < -0.39 is 6.10 Å². The summed E-state index contributed by atoms with van der Waals surface area (Å²) in [6.45, 7) is 8.12. The normalized spacial score (nSPS) is 12.5. The van der Waals surface area contributed by atoms with Crippen LogP contribution in [-0.2, 0) is 6.42 Å². The van der Waals surface area contributed by atoms with Crippen LogP contribution in [0.1, 0.15) is 39.7 Å². The molecule has 0 spiro atoms. The highest BCUT2D eigenvalue weighted by atomic mass is 16.3. The Morgan fingerprint density at radius 2 is 1.74 bits per heavy atom. The minimum absolute atomic E-state index is 0.491. The number of rotatable bonds is 3. The minimum atomic E-state index is -0.491. The lowest BCUT2D eigenvalue weighted by molar-refractivity contribution is 0.177. The molecule has 0 radical (unpaired) electrons. The molecule has 1 aromatic heterocycles. The Bertz CT molecular complexity index is 590. The van der Waals surface area contributed by atoms with Gasteiger partial charge in [-0.2, -0.15) is 0 Å². The Morgan fingerprint density at radius 3 is 2.37 bits per heavy atom. The minimum Gasteiger partial charge on any atom is -0.388 e. The van der Waals surface area contributed by atoms with Gasteiger partial charge in [-0.3, -0.25) is 4.98 Å². The molecular weight excluding hydrogens is 234 g/mol. The molecule has 0 bridgehead atoms. The van der Waals surface area contributed by atoms with Crippen molar-refractivity contribution in [2.45, 2.75) is 40.2 Å². The van der Waals surface area contributed by atoms with E-state index in [1.807, 2.05) is 26.0 Å². The summed E-state index contributed by atoms with van der Waals surface area (Å²) >= 11 is 0. The highest BCUT2D eigenvalue weighted by Gasteiger charge is 2.12. The maximum Gasteiger partial charge on any atom is 0.0847 e. The van der Waals surface area contributed by atoms with E-state index in [1.54, 1.807) is 0 Å². The van der Waals surface area contributed by atoms with Gasteiger partial charge >= 0.3 is 0 Å². The molecule has 0 aliphatic carbocycles. The van der Waals surface area contributed by atoms with E-state index in [1.165, 1.54) is 11.1 Å². The van der Waals surface area contributed by atoms with Gasteiger partial charge in [0.25, 0.3) is 0 Å². The summed E-state index contributed by atoms with van der Waals surface area (Å²) in [7, 11) is 0. The molecule has 1 aromatic carbocycles. The maximum absolute atomic E-state index is 10.4. The number of aryl methyl sites for hydroxylation is 4. The highest BCUT2D eigenvalue weighted by molar-refractivity contribution is 5.32. The average molecular weight is 255 g/mol. The molecule has 2 nitrogen and oxygen atoms in total. The first-order valence-electron chi connectivity index (χ1n) is 6.65. The molecule has 1 heterocycles. The van der Waals surface area contributed by atoms with Crippen molar-refractivity contribution in [3.8, 4) is 0 Å². The van der Waals surface area contributed by atoms with E-state index in [0.29, 0.717) is 6.42 Å². The third-order valence-electron chi connectivity index (χ3n) is 3.63. The van der Waals surface area contributed by atoms with Gasteiger partial charge in [0, 0.05) is 23.4 Å². The zero-order valence-corrected chi connectivity index (χ0v) is 12.1. The fraction of sp³-hybridized carbons (Fsp3) is 0.353. The van der Waals surface area contributed by atoms with E-state index in [9.17, 15) is 5.11 Å². The zero-order chi connectivity index (χ0) is 14.0. The molecular formula is C17H21NO. The van der Waals surface area contributed by atoms with Gasteiger partial charge in [0.1, 0.15) is 0 Å². The number of aromatic nitrogens is 1. The number of aliphatic hydroxyl groups is 1. The van der Waals surface area contributed by atoms with Crippen LogP contribution in [0.25, 0.3) is 0 Å². The second kappa shape index (κ2) is 5.54. The fourth-order valence-electron chi connectivity index (χ4n) is 2.31. The van der Waals surface area contributed by atoms with Crippen LogP contribution in [0.3, 0.4) is 0 Å². The van der Waals surface area contributed by atoms with Crippen molar-refractivity contribution >= 4 is 0 Å². The number of benzene rings is 1. The average Bonchev–Trinajstić information content (AvgIpc) is 2.33. The Balaban J connectivity index is 2.20. The van der Waals surface area contributed by atoms with E-state index in [-0.39, 0.29) is 0 Å². The molecule has 0 saturated heterocycles. The summed E-state index contributed by atoms with van der Waals surface area (Å²) < 4.78 is 0. The lowest BCUT2D eigenvalue weighted by Crippen LogP contribution is -2.06. The Morgan fingerprint density at radius 1 is 1.00 bits per heavy atom. The molecule has 2 aromatic rings. The molecule has 0 amide bonds. The van der Waals surface area contributed by atoms with Crippen LogP contribution in [0.15, 0.2) is 30.3 Å². The summed E-state index contributed by atoms with van der Waals surface area (Å²) in [5.74, 6) is 0. The van der Waals surface area contributed by atoms with Crippen LogP contribution in [-0.4, -0.2) is 10.1 Å². The summed E-state index contributed by atoms with van der Waals surface area (Å²) in [5.41, 5.74) is 6.53. The smallest absolute Gasteiger partial charge is 0.0847 e. The van der Waals surface area contributed by atoms with Crippen LogP contribution >= 0.6 is 0 Å². The van der Waals surface area contributed by atoms with Crippen LogP contribution in [0.5, 0.6) is 0 Å². The Kier molecular flexibility index (Phi) is 4.01. The first-order valence-corrected chi connectivity index (χ1v) is 6.65. The van der Waals surface area contributed by atoms with Crippen molar-refractivity contribution in [2.24, 2.45) is 0 Å². The van der Waals surface area contributed by atoms with E-state index in [4.69, 9.17) is 0 Å². The first kappa shape index (κ1) is 13.8. The molecule has 1 N–H and O–H groups in total. The number of pyridine rings is 1. The lowest BCUT2D eigenvalue weighted by atomic mass is 9.97. The third-order valence-corrected chi connectivity index (χ3v) is 3.63. The second-order valence-electron chi connectivity index (χ2n) is 5.27. The van der Waals surface area contributed by atoms with Crippen molar-refractivity contribution in [3.63, 3.8) is 0 Å². The molecule has 2 heteroatoms. The number of hydrogen-bond donors (Lipinski definition) is 1. The van der Waals surface area contributed by atoms with Crippen molar-refractivity contribution in [1.82, 2.24) is 4.98 Å². The summed E-state index contributed by atoms with van der Waals surface area (Å²) in [4.78, 5) is 4.41. The van der Waals surface area contributed by atoms with Gasteiger partial charge in [-0.1, -0.05) is 24.3 Å². The number of aliphatic hydroxyl groups excluding tert-OH is 1. The van der Waals surface area contributed by atoms with E-state index in [2.05, 4.69) is 37.0 Å². The van der Waals surface area contributed by atoms with Crippen LogP contribution in [0, 0.1) is 27.7 Å². The molecule has 2 rings (SSSR count). The molecule has 0 fully saturated rings. The Labute approximate surface area is 115 Å². The van der Waals surface area contributed by atoms with Gasteiger partial charge in [0.15, 0.2) is 0 Å². The monoisotopic (exact) mass is 255 g/mol. The molecule has 1 unspecified atom stereocenters. The van der Waals surface area contributed by atoms with Gasteiger partial charge in [-0.15, -0.1) is 0 Å². The van der Waals surface area contributed by atoms with Crippen LogP contribution in [0.4, 0.5) is 0 Å². The van der Waals surface area contributed by atoms with Gasteiger partial charge in [-0.25, -0.2) is 0 Å². The lowest BCUT2D eigenvalue weighted by Gasteiger charge is -2.14. The first-order chi connectivity index (χ1) is 8.97. The topological polar surface area (TPSA) is 33.1 Å². The van der Waals surface area contributed by atoms with Gasteiger partial charge in [0.2, 0.25) is 0 Å². The fourth-order valence-corrected chi connectivity index (χ4v) is 2.31. The van der Waals surface area contributed by atoms with Gasteiger partial charge in [-0.05, 0) is 50.5 Å². The van der Waals surface area contributed by atoms with Crippen molar-refractivity contribution < 1.29 is 5.11 Å². The maximum atomic E-state index is 10.4. The zero-order valence-electron chi connectivity index (χ0n) is 12.1. The van der Waals surface area contributed by atoms with Crippen LogP contribution in [0.2, 0.25) is 0 Å². The molecule has 0 saturated carbocycles.